The van der Waals surface area contributed by atoms with Crippen LogP contribution in [0.15, 0.2) is 54.9 Å². The van der Waals surface area contributed by atoms with E-state index in [9.17, 15) is 0 Å². The summed E-state index contributed by atoms with van der Waals surface area (Å²) in [5.74, 6) is 3.60. The fourth-order valence-corrected chi connectivity index (χ4v) is 3.19. The molecule has 0 aliphatic carbocycles. The molecule has 0 spiro atoms. The third-order valence-corrected chi connectivity index (χ3v) is 4.58. The molecule has 4 heterocycles. The van der Waals surface area contributed by atoms with E-state index in [1.807, 2.05) is 49.5 Å². The Balaban J connectivity index is 1.41. The van der Waals surface area contributed by atoms with Gasteiger partial charge in [-0.15, -0.1) is 0 Å². The molecule has 3 aromatic rings. The smallest absolute Gasteiger partial charge is 0.134 e. The van der Waals surface area contributed by atoms with E-state index in [0.717, 1.165) is 55.2 Å². The van der Waals surface area contributed by atoms with Gasteiger partial charge in [-0.1, -0.05) is 12.1 Å². The molecule has 0 atom stereocenters. The lowest BCUT2D eigenvalue weighted by molar-refractivity contribution is 0.640. The van der Waals surface area contributed by atoms with Crippen molar-refractivity contribution in [2.75, 3.05) is 41.3 Å². The summed E-state index contributed by atoms with van der Waals surface area (Å²) in [6.45, 7) is 6.25. The molecule has 1 saturated heterocycles. The van der Waals surface area contributed by atoms with E-state index in [1.165, 1.54) is 0 Å². The van der Waals surface area contributed by atoms with E-state index in [0.29, 0.717) is 6.54 Å². The number of hydrogen-bond acceptors (Lipinski definition) is 7. The van der Waals surface area contributed by atoms with E-state index in [2.05, 4.69) is 41.1 Å². The Hall–Kier alpha value is -3.22. The van der Waals surface area contributed by atoms with E-state index >= 15 is 0 Å². The van der Waals surface area contributed by atoms with Crippen LogP contribution in [0.1, 0.15) is 11.5 Å². The first-order valence-corrected chi connectivity index (χ1v) is 9.18. The van der Waals surface area contributed by atoms with Crippen molar-refractivity contribution in [2.45, 2.75) is 13.5 Å². The second-order valence-electron chi connectivity index (χ2n) is 6.50. The van der Waals surface area contributed by atoms with Crippen molar-refractivity contribution in [1.82, 2.24) is 19.9 Å². The van der Waals surface area contributed by atoms with Crippen LogP contribution in [0.5, 0.6) is 0 Å². The van der Waals surface area contributed by atoms with Crippen LogP contribution in [0, 0.1) is 6.92 Å². The minimum absolute atomic E-state index is 0.643. The maximum Gasteiger partial charge on any atom is 0.134 e. The number of aromatic nitrogens is 4. The Morgan fingerprint density at radius 2 is 1.56 bits per heavy atom. The number of pyridine rings is 2. The average molecular weight is 361 g/mol. The Kier molecular flexibility index (Phi) is 5.09. The highest BCUT2D eigenvalue weighted by molar-refractivity contribution is 5.51. The highest BCUT2D eigenvalue weighted by Crippen LogP contribution is 2.20. The van der Waals surface area contributed by atoms with Crippen LogP contribution in [0.2, 0.25) is 0 Å². The Bertz CT molecular complexity index is 862. The Morgan fingerprint density at radius 1 is 0.852 bits per heavy atom. The van der Waals surface area contributed by atoms with Crippen LogP contribution < -0.4 is 15.1 Å². The minimum Gasteiger partial charge on any atom is -0.364 e. The minimum atomic E-state index is 0.643. The van der Waals surface area contributed by atoms with Crippen molar-refractivity contribution < 1.29 is 0 Å². The molecular formula is C20H23N7. The summed E-state index contributed by atoms with van der Waals surface area (Å²) in [5.41, 5.74) is 0.985. The number of nitrogens with zero attached hydrogens (tertiary/aromatic N) is 6. The molecule has 0 unspecified atom stereocenters. The lowest BCUT2D eigenvalue weighted by Crippen LogP contribution is -2.47. The van der Waals surface area contributed by atoms with Gasteiger partial charge in [0, 0.05) is 44.6 Å². The predicted molar refractivity (Wildman–Crippen MR) is 107 cm³/mol. The van der Waals surface area contributed by atoms with Gasteiger partial charge < -0.3 is 15.1 Å². The van der Waals surface area contributed by atoms with Crippen LogP contribution in [-0.2, 0) is 6.54 Å². The molecule has 0 amide bonds. The zero-order valence-electron chi connectivity index (χ0n) is 15.4. The first-order chi connectivity index (χ1) is 13.3. The highest BCUT2D eigenvalue weighted by Gasteiger charge is 2.19. The van der Waals surface area contributed by atoms with Gasteiger partial charge in [0.05, 0.1) is 12.2 Å². The zero-order chi connectivity index (χ0) is 18.5. The summed E-state index contributed by atoms with van der Waals surface area (Å²) in [5, 5.41) is 3.36. The molecule has 0 saturated carbocycles. The number of piperazine rings is 1. The van der Waals surface area contributed by atoms with Crippen LogP contribution in [0.3, 0.4) is 0 Å². The van der Waals surface area contributed by atoms with Gasteiger partial charge in [0.25, 0.3) is 0 Å². The molecule has 0 aromatic carbocycles. The molecule has 1 aliphatic rings. The SMILES string of the molecule is Cc1nc(NCc2ccccn2)cc(N2CCN(c3ccccn3)CC2)n1. The van der Waals surface area contributed by atoms with E-state index in [1.54, 1.807) is 6.20 Å². The van der Waals surface area contributed by atoms with Crippen molar-refractivity contribution in [3.63, 3.8) is 0 Å². The number of hydrogen-bond donors (Lipinski definition) is 1. The van der Waals surface area contributed by atoms with Crippen molar-refractivity contribution >= 4 is 17.5 Å². The lowest BCUT2D eigenvalue weighted by Gasteiger charge is -2.36. The summed E-state index contributed by atoms with van der Waals surface area (Å²) < 4.78 is 0. The molecule has 3 aromatic heterocycles. The van der Waals surface area contributed by atoms with E-state index in [4.69, 9.17) is 0 Å². The van der Waals surface area contributed by atoms with Gasteiger partial charge in [-0.25, -0.2) is 15.0 Å². The maximum absolute atomic E-state index is 4.64. The third-order valence-electron chi connectivity index (χ3n) is 4.58. The van der Waals surface area contributed by atoms with Gasteiger partial charge in [0.1, 0.15) is 23.3 Å². The van der Waals surface area contributed by atoms with Crippen LogP contribution in [-0.4, -0.2) is 46.1 Å². The quantitative estimate of drug-likeness (QED) is 0.749. The van der Waals surface area contributed by atoms with Crippen LogP contribution in [0.25, 0.3) is 0 Å². The van der Waals surface area contributed by atoms with Gasteiger partial charge in [0.2, 0.25) is 0 Å². The first-order valence-electron chi connectivity index (χ1n) is 9.18. The van der Waals surface area contributed by atoms with Crippen molar-refractivity contribution in [3.05, 3.63) is 66.4 Å². The van der Waals surface area contributed by atoms with Gasteiger partial charge >= 0.3 is 0 Å². The van der Waals surface area contributed by atoms with Crippen LogP contribution in [0.4, 0.5) is 17.5 Å². The van der Waals surface area contributed by atoms with Gasteiger partial charge in [0.15, 0.2) is 0 Å². The number of rotatable bonds is 5. The summed E-state index contributed by atoms with van der Waals surface area (Å²) in [6, 6.07) is 14.0. The molecule has 27 heavy (non-hydrogen) atoms. The van der Waals surface area contributed by atoms with Gasteiger partial charge in [-0.3, -0.25) is 4.98 Å². The third kappa shape index (κ3) is 4.31. The summed E-state index contributed by atoms with van der Waals surface area (Å²) in [7, 11) is 0. The summed E-state index contributed by atoms with van der Waals surface area (Å²) in [4.78, 5) is 22.5. The fraction of sp³-hybridized carbons (Fsp3) is 0.300. The lowest BCUT2D eigenvalue weighted by atomic mass is 10.3. The molecule has 1 N–H and O–H groups in total. The Morgan fingerprint density at radius 3 is 2.22 bits per heavy atom. The largest absolute Gasteiger partial charge is 0.364 e. The monoisotopic (exact) mass is 361 g/mol. The van der Waals surface area contributed by atoms with E-state index in [-0.39, 0.29) is 0 Å². The number of aryl methyl sites for hydroxylation is 1. The van der Waals surface area contributed by atoms with Crippen LogP contribution >= 0.6 is 0 Å². The molecule has 138 valence electrons. The molecule has 0 bridgehead atoms. The van der Waals surface area contributed by atoms with Gasteiger partial charge in [-0.05, 0) is 31.2 Å². The second-order valence-corrected chi connectivity index (χ2v) is 6.50. The number of anilines is 3. The summed E-state index contributed by atoms with van der Waals surface area (Å²) in [6.07, 6.45) is 3.64. The second kappa shape index (κ2) is 7.99. The normalized spacial score (nSPS) is 14.3. The van der Waals surface area contributed by atoms with E-state index < -0.39 is 0 Å². The Labute approximate surface area is 159 Å². The molecule has 7 nitrogen and oxygen atoms in total. The van der Waals surface area contributed by atoms with Gasteiger partial charge in [-0.2, -0.15) is 0 Å². The first kappa shape index (κ1) is 17.2. The molecular weight excluding hydrogens is 338 g/mol. The summed E-state index contributed by atoms with van der Waals surface area (Å²) >= 11 is 0. The standard InChI is InChI=1S/C20H23N7/c1-16-24-18(23-15-17-6-2-4-8-21-17)14-20(25-16)27-12-10-26(11-13-27)19-7-3-5-9-22-19/h2-9,14H,10-13,15H2,1H3,(H,23,24,25). The highest BCUT2D eigenvalue weighted by atomic mass is 15.3. The fourth-order valence-electron chi connectivity index (χ4n) is 3.19. The predicted octanol–water partition coefficient (Wildman–Crippen LogP) is 2.51. The maximum atomic E-state index is 4.64. The molecule has 4 rings (SSSR count). The van der Waals surface area contributed by atoms with Crippen molar-refractivity contribution in [2.24, 2.45) is 0 Å². The molecule has 0 radical (unpaired) electrons. The molecule has 1 aliphatic heterocycles. The zero-order valence-corrected chi connectivity index (χ0v) is 15.4. The van der Waals surface area contributed by atoms with Crippen molar-refractivity contribution in [3.8, 4) is 0 Å². The molecule has 1 fully saturated rings. The number of nitrogens with one attached hydrogen (secondary N) is 1. The average Bonchev–Trinajstić information content (AvgIpc) is 2.73. The molecule has 7 heteroatoms. The topological polar surface area (TPSA) is 70.1 Å². The van der Waals surface area contributed by atoms with Crippen molar-refractivity contribution in [1.29, 1.82) is 0 Å².